The molecule has 23 heavy (non-hydrogen) atoms. The van der Waals surface area contributed by atoms with Gasteiger partial charge < -0.3 is 24.2 Å². The molecule has 1 aliphatic rings. The van der Waals surface area contributed by atoms with Crippen LogP contribution in [0, 0.1) is 5.92 Å². The Hall–Kier alpha value is -1.69. The molecule has 0 unspecified atom stereocenters. The highest BCUT2D eigenvalue weighted by Crippen LogP contribution is 2.37. The first kappa shape index (κ1) is 16.2. The lowest BCUT2D eigenvalue weighted by Crippen LogP contribution is -2.47. The summed E-state index contributed by atoms with van der Waals surface area (Å²) in [5.41, 5.74) is 0.810. The summed E-state index contributed by atoms with van der Waals surface area (Å²) in [6.45, 7) is 1.73. The maximum absolute atomic E-state index is 9.01. The van der Waals surface area contributed by atoms with Crippen LogP contribution in [0.5, 0.6) is 11.5 Å². The normalized spacial score (nSPS) is 15.1. The van der Waals surface area contributed by atoms with Crippen LogP contribution in [-0.4, -0.2) is 53.2 Å². The Morgan fingerprint density at radius 1 is 1.17 bits per heavy atom. The zero-order valence-corrected chi connectivity index (χ0v) is 14.0. The van der Waals surface area contributed by atoms with Crippen LogP contribution in [0.15, 0.2) is 18.5 Å². The van der Waals surface area contributed by atoms with Crippen LogP contribution in [0.3, 0.4) is 0 Å². The molecule has 8 heteroatoms. The molecule has 2 heterocycles. The Morgan fingerprint density at radius 3 is 2.52 bits per heavy atom. The number of hydrogen-bond acceptors (Lipinski definition) is 7. The van der Waals surface area contributed by atoms with Crippen LogP contribution in [0.2, 0.25) is 0 Å². The van der Waals surface area contributed by atoms with Crippen molar-refractivity contribution >= 4 is 25.1 Å². The van der Waals surface area contributed by atoms with Crippen molar-refractivity contribution in [3.63, 3.8) is 0 Å². The average Bonchev–Trinajstić information content (AvgIpc) is 2.51. The smallest absolute Gasteiger partial charge is 0.164 e. The molecule has 0 saturated carbocycles. The Bertz CT molecular complexity index is 692. The van der Waals surface area contributed by atoms with Gasteiger partial charge in [0.15, 0.2) is 19.9 Å². The molecule has 0 aliphatic carbocycles. The van der Waals surface area contributed by atoms with E-state index in [1.54, 1.807) is 20.5 Å². The van der Waals surface area contributed by atoms with Crippen molar-refractivity contribution < 1.29 is 19.3 Å². The maximum atomic E-state index is 9.01. The lowest BCUT2D eigenvalue weighted by molar-refractivity contribution is 0.355. The van der Waals surface area contributed by atoms with E-state index in [1.165, 1.54) is 0 Å². The standard InChI is InChI=1S/C15H20N3O4P/c1-21-13-5-11-12(6-14(13)22-2)16-9-17-15(11)18-7-10(8-18)3-4-23(19)20/h5-6,9-10,19-20H,3-4,7-8H2,1-2H3. The van der Waals surface area contributed by atoms with Gasteiger partial charge in [-0.3, -0.25) is 0 Å². The first-order valence-electron chi connectivity index (χ1n) is 7.39. The van der Waals surface area contributed by atoms with Gasteiger partial charge in [-0.05, 0) is 18.4 Å². The van der Waals surface area contributed by atoms with E-state index in [4.69, 9.17) is 19.3 Å². The minimum absolute atomic E-state index is 0.476. The van der Waals surface area contributed by atoms with E-state index in [1.807, 2.05) is 12.1 Å². The van der Waals surface area contributed by atoms with Crippen molar-refractivity contribution in [1.29, 1.82) is 0 Å². The topological polar surface area (TPSA) is 87.9 Å². The molecule has 124 valence electrons. The Balaban J connectivity index is 1.82. The molecular formula is C15H20N3O4P. The van der Waals surface area contributed by atoms with Gasteiger partial charge in [0, 0.05) is 30.7 Å². The fourth-order valence-corrected chi connectivity index (χ4v) is 3.44. The Labute approximate surface area is 135 Å². The van der Waals surface area contributed by atoms with Gasteiger partial charge in [0.1, 0.15) is 12.1 Å². The second-order valence-corrected chi connectivity index (χ2v) is 6.77. The minimum Gasteiger partial charge on any atom is -0.493 e. The van der Waals surface area contributed by atoms with Crippen LogP contribution < -0.4 is 14.4 Å². The Morgan fingerprint density at radius 2 is 1.87 bits per heavy atom. The van der Waals surface area contributed by atoms with E-state index in [-0.39, 0.29) is 0 Å². The van der Waals surface area contributed by atoms with Gasteiger partial charge in [0.25, 0.3) is 0 Å². The van der Waals surface area contributed by atoms with Crippen molar-refractivity contribution in [3.05, 3.63) is 18.5 Å². The quantitative estimate of drug-likeness (QED) is 0.777. The molecule has 0 atom stereocenters. The molecule has 2 aromatic rings. The molecule has 1 aromatic carbocycles. The Kier molecular flexibility index (Phi) is 4.80. The maximum Gasteiger partial charge on any atom is 0.164 e. The van der Waals surface area contributed by atoms with Crippen molar-refractivity contribution in [1.82, 2.24) is 9.97 Å². The third-order valence-electron chi connectivity index (χ3n) is 4.11. The monoisotopic (exact) mass is 337 g/mol. The predicted octanol–water partition coefficient (Wildman–Crippen LogP) is 1.77. The molecule has 7 nitrogen and oxygen atoms in total. The van der Waals surface area contributed by atoms with Crippen molar-refractivity contribution in [3.8, 4) is 11.5 Å². The lowest BCUT2D eigenvalue weighted by Gasteiger charge is -2.40. The van der Waals surface area contributed by atoms with Gasteiger partial charge >= 0.3 is 0 Å². The molecule has 2 N–H and O–H groups in total. The summed E-state index contributed by atoms with van der Waals surface area (Å²) in [6.07, 6.45) is 2.86. The summed E-state index contributed by atoms with van der Waals surface area (Å²) in [4.78, 5) is 28.9. The van der Waals surface area contributed by atoms with Crippen LogP contribution in [0.25, 0.3) is 10.9 Å². The van der Waals surface area contributed by atoms with Gasteiger partial charge in [0.05, 0.1) is 19.7 Å². The van der Waals surface area contributed by atoms with E-state index >= 15 is 0 Å². The SMILES string of the molecule is COc1cc2ncnc(N3CC(CCP(O)O)C3)c2cc1OC. The number of rotatable bonds is 6. The van der Waals surface area contributed by atoms with Gasteiger partial charge in [0.2, 0.25) is 0 Å². The van der Waals surface area contributed by atoms with Crippen LogP contribution in [0.4, 0.5) is 5.82 Å². The van der Waals surface area contributed by atoms with Gasteiger partial charge in [-0.2, -0.15) is 0 Å². The molecule has 0 radical (unpaired) electrons. The number of methoxy groups -OCH3 is 2. The van der Waals surface area contributed by atoms with Gasteiger partial charge in [-0.25, -0.2) is 9.97 Å². The van der Waals surface area contributed by atoms with Crippen LogP contribution in [-0.2, 0) is 0 Å². The largest absolute Gasteiger partial charge is 0.493 e. The first-order valence-corrected chi connectivity index (χ1v) is 8.82. The molecule has 1 fully saturated rings. The van der Waals surface area contributed by atoms with E-state index in [2.05, 4.69) is 14.9 Å². The number of hydrogen-bond donors (Lipinski definition) is 2. The highest BCUT2D eigenvalue weighted by molar-refractivity contribution is 7.45. The van der Waals surface area contributed by atoms with Crippen LogP contribution >= 0.6 is 8.38 Å². The highest BCUT2D eigenvalue weighted by atomic mass is 31.2. The van der Waals surface area contributed by atoms with Crippen molar-refractivity contribution in [2.45, 2.75) is 6.42 Å². The molecule has 3 rings (SSSR count). The summed E-state index contributed by atoms with van der Waals surface area (Å²) in [7, 11) is 1.42. The second-order valence-electron chi connectivity index (χ2n) is 5.58. The molecular weight excluding hydrogens is 317 g/mol. The average molecular weight is 337 g/mol. The molecule has 1 aromatic heterocycles. The summed E-state index contributed by atoms with van der Waals surface area (Å²) >= 11 is 0. The minimum atomic E-state index is -1.79. The third-order valence-corrected chi connectivity index (χ3v) is 4.77. The zero-order valence-electron chi connectivity index (χ0n) is 13.1. The highest BCUT2D eigenvalue weighted by Gasteiger charge is 2.29. The molecule has 1 aliphatic heterocycles. The molecule has 0 amide bonds. The summed E-state index contributed by atoms with van der Waals surface area (Å²) in [5.74, 6) is 2.65. The van der Waals surface area contributed by atoms with E-state index in [9.17, 15) is 0 Å². The van der Waals surface area contributed by atoms with Crippen molar-refractivity contribution in [2.24, 2.45) is 5.92 Å². The number of fused-ring (bicyclic) bond motifs is 1. The van der Waals surface area contributed by atoms with Gasteiger partial charge in [-0.1, -0.05) is 0 Å². The second kappa shape index (κ2) is 6.83. The number of aromatic nitrogens is 2. The molecule has 0 bridgehead atoms. The first-order chi connectivity index (χ1) is 11.1. The fraction of sp³-hybridized carbons (Fsp3) is 0.467. The number of ether oxygens (including phenoxy) is 2. The molecule has 0 spiro atoms. The van der Waals surface area contributed by atoms with Crippen LogP contribution in [0.1, 0.15) is 6.42 Å². The fourth-order valence-electron chi connectivity index (χ4n) is 2.84. The van der Waals surface area contributed by atoms with E-state index in [0.29, 0.717) is 23.6 Å². The predicted molar refractivity (Wildman–Crippen MR) is 89.2 cm³/mol. The third kappa shape index (κ3) is 3.32. The number of benzene rings is 1. The molecule has 1 saturated heterocycles. The lowest BCUT2D eigenvalue weighted by atomic mass is 9.97. The van der Waals surface area contributed by atoms with E-state index < -0.39 is 8.38 Å². The van der Waals surface area contributed by atoms with Crippen molar-refractivity contribution in [2.75, 3.05) is 38.4 Å². The van der Waals surface area contributed by atoms with Gasteiger partial charge in [-0.15, -0.1) is 0 Å². The van der Waals surface area contributed by atoms with E-state index in [0.717, 1.165) is 36.2 Å². The zero-order chi connectivity index (χ0) is 16.4. The summed E-state index contributed by atoms with van der Waals surface area (Å²) in [6, 6.07) is 3.75. The summed E-state index contributed by atoms with van der Waals surface area (Å²) < 4.78 is 10.7. The number of anilines is 1. The number of nitrogens with zero attached hydrogens (tertiary/aromatic N) is 3. The summed E-state index contributed by atoms with van der Waals surface area (Å²) in [5, 5.41) is 0.926.